The van der Waals surface area contributed by atoms with Crippen molar-refractivity contribution >= 4 is 29.5 Å². The third-order valence-corrected chi connectivity index (χ3v) is 4.67. The van der Waals surface area contributed by atoms with Gasteiger partial charge in [0.2, 0.25) is 5.91 Å². The largest absolute Gasteiger partial charge is 0.486 e. The van der Waals surface area contributed by atoms with Crippen LogP contribution in [0.15, 0.2) is 54.2 Å². The average molecular weight is 524 g/mol. The van der Waals surface area contributed by atoms with Crippen LogP contribution in [0.5, 0.6) is 5.75 Å². The molecule has 2 aromatic carbocycles. The number of halogens is 2. The molecule has 0 radical (unpaired) electrons. The maximum atomic E-state index is 12.7. The number of anilines is 1. The second kappa shape index (κ2) is 20.1. The van der Waals surface area contributed by atoms with Gasteiger partial charge in [-0.25, -0.2) is 4.39 Å². The first-order chi connectivity index (χ1) is 17.3. The lowest BCUT2D eigenvalue weighted by Gasteiger charge is -2.13. The van der Waals surface area contributed by atoms with Gasteiger partial charge in [-0.3, -0.25) is 9.59 Å². The Bertz CT molecular complexity index is 939. The van der Waals surface area contributed by atoms with Gasteiger partial charge < -0.3 is 25.0 Å². The third-order valence-electron chi connectivity index (χ3n) is 4.36. The Balaban J connectivity index is 0.000000735. The van der Waals surface area contributed by atoms with Gasteiger partial charge in [0.1, 0.15) is 24.8 Å². The summed E-state index contributed by atoms with van der Waals surface area (Å²) in [7, 11) is 5.87. The smallest absolute Gasteiger partial charge is 0.246 e. The van der Waals surface area contributed by atoms with Crippen LogP contribution in [0.4, 0.5) is 10.1 Å². The van der Waals surface area contributed by atoms with E-state index in [0.29, 0.717) is 25.2 Å². The lowest BCUT2D eigenvalue weighted by molar-refractivity contribution is -0.125. The zero-order chi connectivity index (χ0) is 27.3. The molecule has 0 saturated carbocycles. The summed E-state index contributed by atoms with van der Waals surface area (Å²) >= 11 is 5.41. The second-order valence-electron chi connectivity index (χ2n) is 7.48. The highest BCUT2D eigenvalue weighted by atomic mass is 35.5. The van der Waals surface area contributed by atoms with Crippen LogP contribution in [0.25, 0.3) is 0 Å². The lowest BCUT2D eigenvalue weighted by atomic mass is 10.1. The van der Waals surface area contributed by atoms with Gasteiger partial charge >= 0.3 is 0 Å². The van der Waals surface area contributed by atoms with Crippen molar-refractivity contribution in [3.63, 3.8) is 0 Å². The summed E-state index contributed by atoms with van der Waals surface area (Å²) in [6.07, 6.45) is 3.25. The highest BCUT2D eigenvalue weighted by Gasteiger charge is 2.03. The van der Waals surface area contributed by atoms with E-state index in [1.807, 2.05) is 54.2 Å². The average Bonchev–Trinajstić information content (AvgIpc) is 2.88. The van der Waals surface area contributed by atoms with Crippen LogP contribution in [0.2, 0.25) is 5.02 Å². The number of benzene rings is 2. The Hall–Kier alpha value is -3.10. The van der Waals surface area contributed by atoms with E-state index >= 15 is 0 Å². The van der Waals surface area contributed by atoms with E-state index in [1.54, 1.807) is 0 Å². The Kier molecular flexibility index (Phi) is 18.4. The number of ether oxygens (including phenoxy) is 2. The van der Waals surface area contributed by atoms with Crippen LogP contribution in [0.1, 0.15) is 26.3 Å². The molecule has 0 heterocycles. The molecule has 0 bridgehead atoms. The first kappa shape index (κ1) is 32.9. The van der Waals surface area contributed by atoms with E-state index < -0.39 is 5.82 Å². The first-order valence-electron chi connectivity index (χ1n) is 11.7. The molecule has 9 heteroatoms. The maximum Gasteiger partial charge on any atom is 0.246 e. The summed E-state index contributed by atoms with van der Waals surface area (Å²) in [4.78, 5) is 23.6. The number of carbonyl (C=O) groups excluding carboxylic acids is 2. The summed E-state index contributed by atoms with van der Waals surface area (Å²) in [5, 5.41) is 5.77. The topological polar surface area (TPSA) is 79.9 Å². The standard InChI is InChI=1S/C17H27N3O2.C8H6ClFO2.C2H6/c1-14(11-18-2)12-19-17(21)13-22-9-8-15-6-5-7-16(10-15)20(3)4;9-7-2-1-6(5-8(7)10)12-4-3-11;1-2/h5-7,10-11,18H,8-9,12-13H2,1-4H3,(H,19,21);1-3,5H,4H2;1-2H3/b14-11+;;. The number of nitrogens with zero attached hydrogens (tertiary/aromatic N) is 1. The van der Waals surface area contributed by atoms with Crippen LogP contribution in [-0.4, -0.2) is 59.7 Å². The SMILES string of the molecule is CC.CN/C=C(\C)CNC(=O)COCCc1cccc(N(C)C)c1.O=CCOc1ccc(Cl)c(F)c1. The Morgan fingerprint density at radius 2 is 1.89 bits per heavy atom. The molecule has 2 N–H and O–H groups in total. The molecule has 0 atom stereocenters. The molecule has 0 aromatic heterocycles. The molecule has 7 nitrogen and oxygen atoms in total. The fourth-order valence-electron chi connectivity index (χ4n) is 2.63. The molecule has 1 amide bonds. The second-order valence-corrected chi connectivity index (χ2v) is 7.88. The number of nitrogens with one attached hydrogen (secondary N) is 2. The van der Waals surface area contributed by atoms with E-state index in [9.17, 15) is 14.0 Å². The normalized spacial score (nSPS) is 10.2. The van der Waals surface area contributed by atoms with Crippen molar-refractivity contribution in [3.8, 4) is 5.75 Å². The molecule has 36 heavy (non-hydrogen) atoms. The minimum atomic E-state index is -0.555. The van der Waals surface area contributed by atoms with Gasteiger partial charge in [-0.05, 0) is 54.9 Å². The molecule has 0 aliphatic carbocycles. The molecule has 200 valence electrons. The van der Waals surface area contributed by atoms with Gasteiger partial charge in [0.05, 0.1) is 11.6 Å². The third kappa shape index (κ3) is 15.0. The van der Waals surface area contributed by atoms with Crippen molar-refractivity contribution in [2.24, 2.45) is 0 Å². The minimum absolute atomic E-state index is 0.0356. The molecular formula is C27H39ClFN3O4. The van der Waals surface area contributed by atoms with Crippen molar-refractivity contribution in [1.29, 1.82) is 0 Å². The number of aldehydes is 1. The van der Waals surface area contributed by atoms with Crippen LogP contribution < -0.4 is 20.3 Å². The maximum absolute atomic E-state index is 12.7. The van der Waals surface area contributed by atoms with Crippen LogP contribution in [0.3, 0.4) is 0 Å². The van der Waals surface area contributed by atoms with Crippen LogP contribution >= 0.6 is 11.6 Å². The molecule has 0 aliphatic heterocycles. The molecule has 0 spiro atoms. The van der Waals surface area contributed by atoms with E-state index in [-0.39, 0.29) is 24.1 Å². The predicted octanol–water partition coefficient (Wildman–Crippen LogP) is 4.63. The molecule has 0 fully saturated rings. The van der Waals surface area contributed by atoms with Gasteiger partial charge in [-0.2, -0.15) is 0 Å². The van der Waals surface area contributed by atoms with Crippen molar-refractivity contribution < 1.29 is 23.5 Å². The zero-order valence-corrected chi connectivity index (χ0v) is 22.8. The fourth-order valence-corrected chi connectivity index (χ4v) is 2.75. The fraction of sp³-hybridized carbons (Fsp3) is 0.407. The van der Waals surface area contributed by atoms with E-state index in [0.717, 1.165) is 18.1 Å². The lowest BCUT2D eigenvalue weighted by Crippen LogP contribution is -2.29. The summed E-state index contributed by atoms with van der Waals surface area (Å²) in [6.45, 7) is 7.04. The Morgan fingerprint density at radius 3 is 2.50 bits per heavy atom. The van der Waals surface area contributed by atoms with Gasteiger partial charge in [0.15, 0.2) is 6.29 Å². The number of amides is 1. The molecule has 0 saturated heterocycles. The zero-order valence-electron chi connectivity index (χ0n) is 22.1. The summed E-state index contributed by atoms with van der Waals surface area (Å²) in [6, 6.07) is 12.3. The quantitative estimate of drug-likeness (QED) is 0.312. The van der Waals surface area contributed by atoms with Crippen molar-refractivity contribution in [1.82, 2.24) is 10.6 Å². The number of carbonyl (C=O) groups is 2. The summed E-state index contributed by atoms with van der Waals surface area (Å²) < 4.78 is 23.0. The van der Waals surface area contributed by atoms with Gasteiger partial charge in [-0.15, -0.1) is 0 Å². The van der Waals surface area contributed by atoms with Crippen LogP contribution in [-0.2, 0) is 20.7 Å². The number of hydrogen-bond donors (Lipinski definition) is 2. The minimum Gasteiger partial charge on any atom is -0.486 e. The molecule has 2 aromatic rings. The molecule has 0 aliphatic rings. The van der Waals surface area contributed by atoms with Crippen LogP contribution in [0, 0.1) is 5.82 Å². The number of hydrogen-bond acceptors (Lipinski definition) is 6. The number of rotatable bonds is 12. The van der Waals surface area contributed by atoms with E-state index in [1.165, 1.54) is 23.4 Å². The van der Waals surface area contributed by atoms with E-state index in [4.69, 9.17) is 21.1 Å². The van der Waals surface area contributed by atoms with Crippen molar-refractivity contribution in [2.75, 3.05) is 52.4 Å². The summed E-state index contributed by atoms with van der Waals surface area (Å²) in [5.74, 6) is -0.352. The highest BCUT2D eigenvalue weighted by Crippen LogP contribution is 2.20. The van der Waals surface area contributed by atoms with E-state index in [2.05, 4.69) is 33.7 Å². The molecular weight excluding hydrogens is 485 g/mol. The first-order valence-corrected chi connectivity index (χ1v) is 12.1. The summed E-state index contributed by atoms with van der Waals surface area (Å²) in [5.41, 5.74) is 3.44. The van der Waals surface area contributed by atoms with Crippen molar-refractivity contribution in [2.45, 2.75) is 27.2 Å². The predicted molar refractivity (Wildman–Crippen MR) is 145 cm³/mol. The molecule has 2 rings (SSSR count). The van der Waals surface area contributed by atoms with Crippen molar-refractivity contribution in [3.05, 3.63) is 70.6 Å². The van der Waals surface area contributed by atoms with Gasteiger partial charge in [0.25, 0.3) is 0 Å². The Morgan fingerprint density at radius 1 is 1.17 bits per heavy atom. The highest BCUT2D eigenvalue weighted by molar-refractivity contribution is 6.30. The van der Waals surface area contributed by atoms with Gasteiger partial charge in [-0.1, -0.05) is 37.6 Å². The Labute approximate surface area is 219 Å². The molecule has 0 unspecified atom stereocenters. The van der Waals surface area contributed by atoms with Gasteiger partial charge in [0, 0.05) is 39.4 Å². The monoisotopic (exact) mass is 523 g/mol.